The third-order valence-corrected chi connectivity index (χ3v) is 5.02. The van der Waals surface area contributed by atoms with Gasteiger partial charge >= 0.3 is 0 Å². The molecule has 19 heavy (non-hydrogen) atoms. The first kappa shape index (κ1) is 13.4. The van der Waals surface area contributed by atoms with E-state index in [0.29, 0.717) is 0 Å². The maximum Gasteiger partial charge on any atom is 0.251 e. The van der Waals surface area contributed by atoms with E-state index >= 15 is 0 Å². The van der Waals surface area contributed by atoms with E-state index in [-0.39, 0.29) is 12.0 Å². The van der Waals surface area contributed by atoms with Gasteiger partial charge in [0.25, 0.3) is 5.91 Å². The zero-order chi connectivity index (χ0) is 13.2. The highest BCUT2D eigenvalue weighted by atomic mass is 16.5. The van der Waals surface area contributed by atoms with Crippen LogP contribution in [-0.2, 0) is 9.53 Å². The minimum atomic E-state index is -0.158. The number of rotatable bonds is 4. The van der Waals surface area contributed by atoms with Crippen molar-refractivity contribution in [2.24, 2.45) is 5.92 Å². The van der Waals surface area contributed by atoms with Crippen LogP contribution in [-0.4, -0.2) is 49.2 Å². The smallest absolute Gasteiger partial charge is 0.251 e. The first-order valence-electron chi connectivity index (χ1n) is 7.85. The third kappa shape index (κ3) is 3.11. The minimum Gasteiger partial charge on any atom is -0.368 e. The van der Waals surface area contributed by atoms with Gasteiger partial charge < -0.3 is 15.0 Å². The number of amides is 1. The molecule has 0 saturated carbocycles. The first-order chi connectivity index (χ1) is 9.22. The number of ether oxygens (including phenoxy) is 1. The average molecular weight is 266 g/mol. The number of likely N-dealkylation sites (N-methyl/N-ethyl adjacent to an activating group) is 1. The van der Waals surface area contributed by atoms with E-state index in [2.05, 4.69) is 5.32 Å². The van der Waals surface area contributed by atoms with Crippen LogP contribution in [0.4, 0.5) is 0 Å². The van der Waals surface area contributed by atoms with Crippen molar-refractivity contribution in [3.8, 4) is 0 Å². The van der Waals surface area contributed by atoms with Crippen LogP contribution in [0.5, 0.6) is 0 Å². The van der Waals surface area contributed by atoms with Gasteiger partial charge in [0.1, 0.15) is 6.10 Å². The second kappa shape index (κ2) is 5.80. The number of nitrogens with zero attached hydrogens (tertiary/aromatic N) is 1. The molecule has 3 heterocycles. The standard InChI is InChI=1S/C15H26N2O2/c1-17(15(18)14-3-2-8-19-14)7-6-11-9-12-4-5-13(10-11)16-12/h11-14,16H,2-10H2,1H3. The lowest BCUT2D eigenvalue weighted by atomic mass is 9.89. The van der Waals surface area contributed by atoms with Gasteiger partial charge in [-0.25, -0.2) is 0 Å². The Morgan fingerprint density at radius 2 is 2.00 bits per heavy atom. The summed E-state index contributed by atoms with van der Waals surface area (Å²) in [6.45, 7) is 1.64. The highest BCUT2D eigenvalue weighted by Crippen LogP contribution is 2.32. The maximum atomic E-state index is 12.1. The van der Waals surface area contributed by atoms with Crippen LogP contribution in [0.1, 0.15) is 44.9 Å². The molecule has 4 heteroatoms. The van der Waals surface area contributed by atoms with Crippen molar-refractivity contribution in [1.29, 1.82) is 0 Å². The van der Waals surface area contributed by atoms with Crippen LogP contribution in [0.25, 0.3) is 0 Å². The summed E-state index contributed by atoms with van der Waals surface area (Å²) in [4.78, 5) is 14.0. The highest BCUT2D eigenvalue weighted by Gasteiger charge is 2.33. The fourth-order valence-corrected chi connectivity index (χ4v) is 3.92. The van der Waals surface area contributed by atoms with Gasteiger partial charge in [0.05, 0.1) is 0 Å². The Labute approximate surface area is 115 Å². The van der Waals surface area contributed by atoms with Gasteiger partial charge in [0.15, 0.2) is 0 Å². The molecule has 108 valence electrons. The second-order valence-electron chi connectivity index (χ2n) is 6.53. The Morgan fingerprint density at radius 1 is 1.26 bits per heavy atom. The van der Waals surface area contributed by atoms with E-state index in [1.54, 1.807) is 0 Å². The zero-order valence-corrected chi connectivity index (χ0v) is 11.9. The van der Waals surface area contributed by atoms with Crippen LogP contribution in [0.3, 0.4) is 0 Å². The molecular weight excluding hydrogens is 240 g/mol. The molecule has 3 rings (SSSR count). The molecule has 3 atom stereocenters. The van der Waals surface area contributed by atoms with E-state index in [9.17, 15) is 4.79 Å². The third-order valence-electron chi connectivity index (χ3n) is 5.02. The molecular formula is C15H26N2O2. The van der Waals surface area contributed by atoms with Crippen molar-refractivity contribution < 1.29 is 9.53 Å². The number of carbonyl (C=O) groups is 1. The van der Waals surface area contributed by atoms with Crippen LogP contribution in [0.2, 0.25) is 0 Å². The van der Waals surface area contributed by atoms with Crippen molar-refractivity contribution >= 4 is 5.91 Å². The van der Waals surface area contributed by atoms with Gasteiger partial charge in [-0.1, -0.05) is 0 Å². The molecule has 3 unspecified atom stereocenters. The monoisotopic (exact) mass is 266 g/mol. The molecule has 2 bridgehead atoms. The highest BCUT2D eigenvalue weighted by molar-refractivity contribution is 5.80. The largest absolute Gasteiger partial charge is 0.368 e. The second-order valence-corrected chi connectivity index (χ2v) is 6.53. The lowest BCUT2D eigenvalue weighted by molar-refractivity contribution is -0.139. The van der Waals surface area contributed by atoms with Crippen molar-refractivity contribution in [1.82, 2.24) is 10.2 Å². The van der Waals surface area contributed by atoms with Gasteiger partial charge in [0, 0.05) is 32.3 Å². The SMILES string of the molecule is CN(CCC1CC2CCC(C1)N2)C(=O)C1CCCO1. The molecule has 1 N–H and O–H groups in total. The number of hydrogen-bond acceptors (Lipinski definition) is 3. The Morgan fingerprint density at radius 3 is 2.63 bits per heavy atom. The van der Waals surface area contributed by atoms with Crippen LogP contribution < -0.4 is 5.32 Å². The van der Waals surface area contributed by atoms with Crippen LogP contribution in [0.15, 0.2) is 0 Å². The van der Waals surface area contributed by atoms with E-state index < -0.39 is 0 Å². The molecule has 0 aromatic rings. The van der Waals surface area contributed by atoms with Gasteiger partial charge in [0.2, 0.25) is 0 Å². The Bertz CT molecular complexity index is 316. The quantitative estimate of drug-likeness (QED) is 0.839. The van der Waals surface area contributed by atoms with Crippen molar-refractivity contribution in [2.45, 2.75) is 63.1 Å². The number of fused-ring (bicyclic) bond motifs is 2. The molecule has 4 nitrogen and oxygen atoms in total. The topological polar surface area (TPSA) is 41.6 Å². The summed E-state index contributed by atoms with van der Waals surface area (Å²) in [6.07, 6.45) is 8.25. The zero-order valence-electron chi connectivity index (χ0n) is 11.9. The van der Waals surface area contributed by atoms with Gasteiger partial charge in [-0.05, 0) is 50.9 Å². The molecule has 3 fully saturated rings. The molecule has 0 aromatic heterocycles. The summed E-state index contributed by atoms with van der Waals surface area (Å²) in [5, 5.41) is 3.67. The molecule has 0 aliphatic carbocycles. The van der Waals surface area contributed by atoms with Gasteiger partial charge in [-0.3, -0.25) is 4.79 Å². The number of hydrogen-bond donors (Lipinski definition) is 1. The molecule has 0 spiro atoms. The van der Waals surface area contributed by atoms with E-state index in [1.165, 1.54) is 25.7 Å². The summed E-state index contributed by atoms with van der Waals surface area (Å²) >= 11 is 0. The summed E-state index contributed by atoms with van der Waals surface area (Å²) in [5.41, 5.74) is 0. The predicted octanol–water partition coefficient (Wildman–Crippen LogP) is 1.54. The maximum absolute atomic E-state index is 12.1. The van der Waals surface area contributed by atoms with Gasteiger partial charge in [-0.2, -0.15) is 0 Å². The molecule has 0 radical (unpaired) electrons. The molecule has 3 saturated heterocycles. The van der Waals surface area contributed by atoms with Gasteiger partial charge in [-0.15, -0.1) is 0 Å². The van der Waals surface area contributed by atoms with Crippen molar-refractivity contribution in [3.05, 3.63) is 0 Å². The Hall–Kier alpha value is -0.610. The van der Waals surface area contributed by atoms with Crippen LogP contribution >= 0.6 is 0 Å². The van der Waals surface area contributed by atoms with E-state index in [4.69, 9.17) is 4.74 Å². The lowest BCUT2D eigenvalue weighted by Gasteiger charge is -2.30. The lowest BCUT2D eigenvalue weighted by Crippen LogP contribution is -2.40. The van der Waals surface area contributed by atoms with E-state index in [0.717, 1.165) is 50.4 Å². The number of carbonyl (C=O) groups excluding carboxylic acids is 1. The fourth-order valence-electron chi connectivity index (χ4n) is 3.92. The molecule has 1 amide bonds. The molecule has 3 aliphatic rings. The summed E-state index contributed by atoms with van der Waals surface area (Å²) < 4.78 is 5.47. The van der Waals surface area contributed by atoms with Crippen molar-refractivity contribution in [3.63, 3.8) is 0 Å². The summed E-state index contributed by atoms with van der Waals surface area (Å²) in [6, 6.07) is 1.51. The van der Waals surface area contributed by atoms with Crippen molar-refractivity contribution in [2.75, 3.05) is 20.2 Å². The Kier molecular flexibility index (Phi) is 4.08. The van der Waals surface area contributed by atoms with E-state index in [1.807, 2.05) is 11.9 Å². The molecule has 0 aromatic carbocycles. The fraction of sp³-hybridized carbons (Fsp3) is 0.933. The first-order valence-corrected chi connectivity index (χ1v) is 7.85. The Balaban J connectivity index is 1.42. The summed E-state index contributed by atoms with van der Waals surface area (Å²) in [7, 11) is 1.93. The average Bonchev–Trinajstić information content (AvgIpc) is 3.05. The predicted molar refractivity (Wildman–Crippen MR) is 73.9 cm³/mol. The minimum absolute atomic E-state index is 0.158. The number of nitrogens with one attached hydrogen (secondary N) is 1. The van der Waals surface area contributed by atoms with Crippen LogP contribution in [0, 0.1) is 5.92 Å². The normalized spacial score (nSPS) is 37.5. The summed E-state index contributed by atoms with van der Waals surface area (Å²) in [5.74, 6) is 0.993. The number of piperidine rings is 1. The molecule has 3 aliphatic heterocycles.